The molecule has 0 fully saturated rings. The maximum atomic E-state index is 13.3. The fraction of sp³-hybridized carbons (Fsp3) is 0.0833. The van der Waals surface area contributed by atoms with Crippen LogP contribution in [-0.2, 0) is 13.1 Å². The van der Waals surface area contributed by atoms with Crippen molar-refractivity contribution in [3.8, 4) is 0 Å². The largest absolute Gasteiger partial charge is 0.346 e. The number of nitrogens with zero attached hydrogens (tertiary/aromatic N) is 4. The molecule has 0 bridgehead atoms. The van der Waals surface area contributed by atoms with E-state index in [2.05, 4.69) is 15.4 Å². The molecule has 1 amide bonds. The van der Waals surface area contributed by atoms with Crippen LogP contribution in [0.1, 0.15) is 21.6 Å². The van der Waals surface area contributed by atoms with Crippen molar-refractivity contribution in [1.29, 1.82) is 0 Å². The standard InChI is InChI=1S/C24H18FN5O2/c25-18-7-4-16(5-8-18)15-29-22-13-17(23(31)27-14-19-3-1-2-11-26-19)6-9-20(22)30-21(24(29)32)10-12-28-30/h1-13H,14-15H2,(H,27,31). The molecular weight excluding hydrogens is 409 g/mol. The number of carbonyl (C=O) groups is 1. The van der Waals surface area contributed by atoms with Gasteiger partial charge in [-0.1, -0.05) is 18.2 Å². The van der Waals surface area contributed by atoms with Crippen LogP contribution >= 0.6 is 0 Å². The van der Waals surface area contributed by atoms with Crippen LogP contribution in [0.4, 0.5) is 4.39 Å². The Bertz CT molecular complexity index is 1490. The monoisotopic (exact) mass is 427 g/mol. The van der Waals surface area contributed by atoms with Crippen molar-refractivity contribution in [1.82, 2.24) is 24.5 Å². The molecule has 0 aliphatic heterocycles. The summed E-state index contributed by atoms with van der Waals surface area (Å²) in [6, 6.07) is 18.3. The summed E-state index contributed by atoms with van der Waals surface area (Å²) in [5, 5.41) is 7.11. The van der Waals surface area contributed by atoms with Gasteiger partial charge >= 0.3 is 0 Å². The molecule has 7 nitrogen and oxygen atoms in total. The number of aromatic nitrogens is 4. The van der Waals surface area contributed by atoms with Gasteiger partial charge in [0.2, 0.25) is 0 Å². The minimum atomic E-state index is -0.343. The van der Waals surface area contributed by atoms with E-state index in [1.54, 1.807) is 57.9 Å². The van der Waals surface area contributed by atoms with Gasteiger partial charge in [0, 0.05) is 11.8 Å². The minimum Gasteiger partial charge on any atom is -0.346 e. The summed E-state index contributed by atoms with van der Waals surface area (Å²) < 4.78 is 16.5. The molecule has 3 heterocycles. The molecular formula is C24H18FN5O2. The third-order valence-electron chi connectivity index (χ3n) is 5.27. The van der Waals surface area contributed by atoms with Crippen LogP contribution in [0, 0.1) is 5.82 Å². The Kier molecular flexibility index (Phi) is 4.95. The summed E-state index contributed by atoms with van der Waals surface area (Å²) in [5.74, 6) is -0.622. The van der Waals surface area contributed by atoms with Gasteiger partial charge in [0.25, 0.3) is 11.5 Å². The summed E-state index contributed by atoms with van der Waals surface area (Å²) in [4.78, 5) is 30.2. The van der Waals surface area contributed by atoms with Crippen molar-refractivity contribution >= 4 is 22.5 Å². The smallest absolute Gasteiger partial charge is 0.277 e. The lowest BCUT2D eigenvalue weighted by Gasteiger charge is -2.13. The first-order valence-corrected chi connectivity index (χ1v) is 10.0. The lowest BCUT2D eigenvalue weighted by molar-refractivity contribution is 0.0950. The van der Waals surface area contributed by atoms with E-state index in [9.17, 15) is 14.0 Å². The SMILES string of the molecule is O=C(NCc1ccccn1)c1ccc2c(c1)n(Cc1ccc(F)cc1)c(=O)c1ccnn12. The van der Waals surface area contributed by atoms with E-state index in [-0.39, 0.29) is 30.4 Å². The Morgan fingerprint density at radius 3 is 2.56 bits per heavy atom. The predicted molar refractivity (Wildman–Crippen MR) is 118 cm³/mol. The van der Waals surface area contributed by atoms with Crippen LogP contribution in [0.5, 0.6) is 0 Å². The molecule has 0 aliphatic carbocycles. The van der Waals surface area contributed by atoms with Gasteiger partial charge in [-0.2, -0.15) is 5.10 Å². The van der Waals surface area contributed by atoms with Crippen molar-refractivity contribution in [2.24, 2.45) is 0 Å². The Morgan fingerprint density at radius 2 is 1.78 bits per heavy atom. The summed E-state index contributed by atoms with van der Waals surface area (Å²) >= 11 is 0. The number of carbonyl (C=O) groups excluding carboxylic acids is 1. The van der Waals surface area contributed by atoms with Crippen molar-refractivity contribution in [2.75, 3.05) is 0 Å². The molecule has 0 spiro atoms. The molecule has 0 saturated heterocycles. The highest BCUT2D eigenvalue weighted by atomic mass is 19.1. The van der Waals surface area contributed by atoms with Crippen molar-refractivity contribution in [3.63, 3.8) is 0 Å². The molecule has 0 aliphatic rings. The number of benzene rings is 2. The molecule has 32 heavy (non-hydrogen) atoms. The molecule has 3 aromatic heterocycles. The molecule has 2 aromatic carbocycles. The van der Waals surface area contributed by atoms with Gasteiger partial charge in [-0.05, 0) is 54.1 Å². The van der Waals surface area contributed by atoms with Crippen LogP contribution in [0.3, 0.4) is 0 Å². The molecule has 5 aromatic rings. The molecule has 158 valence electrons. The van der Waals surface area contributed by atoms with Gasteiger partial charge in [-0.15, -0.1) is 0 Å². The normalized spacial score (nSPS) is 11.2. The predicted octanol–water partition coefficient (Wildman–Crippen LogP) is 3.16. The first kappa shape index (κ1) is 19.6. The average Bonchev–Trinajstić information content (AvgIpc) is 3.32. The second-order valence-corrected chi connectivity index (χ2v) is 7.35. The van der Waals surface area contributed by atoms with E-state index in [1.165, 1.54) is 12.1 Å². The molecule has 0 atom stereocenters. The quantitative estimate of drug-likeness (QED) is 0.467. The molecule has 8 heteroatoms. The van der Waals surface area contributed by atoms with Crippen molar-refractivity contribution in [3.05, 3.63) is 112 Å². The number of hydrogen-bond acceptors (Lipinski definition) is 4. The van der Waals surface area contributed by atoms with Crippen LogP contribution in [0.15, 0.2) is 83.9 Å². The van der Waals surface area contributed by atoms with Gasteiger partial charge in [0.15, 0.2) is 0 Å². The van der Waals surface area contributed by atoms with E-state index >= 15 is 0 Å². The fourth-order valence-corrected chi connectivity index (χ4v) is 3.67. The van der Waals surface area contributed by atoms with Gasteiger partial charge in [-0.3, -0.25) is 14.6 Å². The number of rotatable bonds is 5. The van der Waals surface area contributed by atoms with E-state index < -0.39 is 0 Å². The lowest BCUT2D eigenvalue weighted by atomic mass is 10.1. The number of hydrogen-bond donors (Lipinski definition) is 1. The first-order chi connectivity index (χ1) is 15.6. The van der Waals surface area contributed by atoms with E-state index in [1.807, 2.05) is 18.2 Å². The zero-order valence-corrected chi connectivity index (χ0v) is 16.9. The molecule has 0 unspecified atom stereocenters. The molecule has 0 saturated carbocycles. The second kappa shape index (κ2) is 8.07. The van der Waals surface area contributed by atoms with Crippen LogP contribution < -0.4 is 10.9 Å². The highest BCUT2D eigenvalue weighted by Gasteiger charge is 2.15. The van der Waals surface area contributed by atoms with Crippen LogP contribution in [0.25, 0.3) is 16.6 Å². The molecule has 0 radical (unpaired) electrons. The highest BCUT2D eigenvalue weighted by Crippen LogP contribution is 2.18. The number of pyridine rings is 1. The Labute approximate surface area is 181 Å². The summed E-state index contributed by atoms with van der Waals surface area (Å²) in [6.45, 7) is 0.522. The topological polar surface area (TPSA) is 81.3 Å². The fourth-order valence-electron chi connectivity index (χ4n) is 3.67. The number of halogens is 1. The average molecular weight is 427 g/mol. The third-order valence-corrected chi connectivity index (χ3v) is 5.27. The lowest BCUT2D eigenvalue weighted by Crippen LogP contribution is -2.25. The molecule has 1 N–H and O–H groups in total. The molecule has 5 rings (SSSR count). The highest BCUT2D eigenvalue weighted by molar-refractivity contribution is 5.97. The second-order valence-electron chi connectivity index (χ2n) is 7.35. The van der Waals surface area contributed by atoms with Crippen LogP contribution in [0.2, 0.25) is 0 Å². The van der Waals surface area contributed by atoms with Crippen LogP contribution in [-0.4, -0.2) is 25.1 Å². The summed E-state index contributed by atoms with van der Waals surface area (Å²) in [5.41, 5.74) is 3.34. The van der Waals surface area contributed by atoms with Crippen molar-refractivity contribution < 1.29 is 9.18 Å². The Hall–Kier alpha value is -4.33. The Balaban J connectivity index is 1.57. The van der Waals surface area contributed by atoms with Gasteiger partial charge < -0.3 is 9.88 Å². The minimum absolute atomic E-state index is 0.232. The van der Waals surface area contributed by atoms with E-state index in [0.717, 1.165) is 11.3 Å². The third kappa shape index (κ3) is 3.62. The van der Waals surface area contributed by atoms with Gasteiger partial charge in [0.05, 0.1) is 36.0 Å². The maximum absolute atomic E-state index is 13.3. The zero-order chi connectivity index (χ0) is 22.1. The number of amides is 1. The van der Waals surface area contributed by atoms with Gasteiger partial charge in [0.1, 0.15) is 11.3 Å². The summed E-state index contributed by atoms with van der Waals surface area (Å²) in [6.07, 6.45) is 3.23. The van der Waals surface area contributed by atoms with E-state index in [4.69, 9.17) is 0 Å². The van der Waals surface area contributed by atoms with Crippen molar-refractivity contribution in [2.45, 2.75) is 13.1 Å². The maximum Gasteiger partial charge on any atom is 0.277 e. The number of nitrogens with one attached hydrogen (secondary N) is 1. The van der Waals surface area contributed by atoms with E-state index in [0.29, 0.717) is 22.1 Å². The van der Waals surface area contributed by atoms with Gasteiger partial charge in [-0.25, -0.2) is 8.91 Å². The zero-order valence-electron chi connectivity index (χ0n) is 16.9. The number of fused-ring (bicyclic) bond motifs is 3. The Morgan fingerprint density at radius 1 is 0.938 bits per heavy atom. The first-order valence-electron chi connectivity index (χ1n) is 10.0. The summed E-state index contributed by atoms with van der Waals surface area (Å²) in [7, 11) is 0.